The number of amides is 1. The highest BCUT2D eigenvalue weighted by Gasteiger charge is 2.21. The van der Waals surface area contributed by atoms with E-state index in [1.807, 2.05) is 26.0 Å². The predicted octanol–water partition coefficient (Wildman–Crippen LogP) is 3.02. The van der Waals surface area contributed by atoms with Crippen molar-refractivity contribution in [3.63, 3.8) is 0 Å². The number of aryl methyl sites for hydroxylation is 1. The van der Waals surface area contributed by atoms with Gasteiger partial charge in [-0.2, -0.15) is 0 Å². The number of carbonyl (C=O) groups excluding carboxylic acids is 1. The number of nitrogens with one attached hydrogen (secondary N) is 1. The van der Waals surface area contributed by atoms with Crippen molar-refractivity contribution in [3.8, 4) is 11.5 Å². The van der Waals surface area contributed by atoms with Gasteiger partial charge in [0.15, 0.2) is 0 Å². The van der Waals surface area contributed by atoms with Crippen LogP contribution >= 0.6 is 0 Å². The van der Waals surface area contributed by atoms with Crippen molar-refractivity contribution in [2.24, 2.45) is 5.14 Å². The molecule has 3 rings (SSSR count). The van der Waals surface area contributed by atoms with Crippen LogP contribution in [0.25, 0.3) is 6.08 Å². The van der Waals surface area contributed by atoms with Gasteiger partial charge in [-0.3, -0.25) is 4.79 Å². The monoisotopic (exact) mass is 416 g/mol. The second-order valence-electron chi connectivity index (χ2n) is 6.91. The Kier molecular flexibility index (Phi) is 5.95. The van der Waals surface area contributed by atoms with Crippen molar-refractivity contribution in [2.45, 2.75) is 38.2 Å². The van der Waals surface area contributed by atoms with Crippen LogP contribution in [0.4, 0.5) is 5.69 Å². The average Bonchev–Trinajstić information content (AvgIpc) is 2.99. The second-order valence-corrected chi connectivity index (χ2v) is 8.44. The highest BCUT2D eigenvalue weighted by molar-refractivity contribution is 7.89. The number of carbonyl (C=O) groups is 1. The van der Waals surface area contributed by atoms with E-state index in [4.69, 9.17) is 14.6 Å². The zero-order valence-corrected chi connectivity index (χ0v) is 17.4. The van der Waals surface area contributed by atoms with Crippen LogP contribution in [0.2, 0.25) is 0 Å². The molecule has 1 aliphatic heterocycles. The number of hydrogen-bond donors (Lipinski definition) is 2. The zero-order valence-electron chi connectivity index (χ0n) is 16.6. The maximum atomic E-state index is 12.3. The summed E-state index contributed by atoms with van der Waals surface area (Å²) in [5, 5.41) is 7.86. The van der Waals surface area contributed by atoms with Crippen molar-refractivity contribution in [1.29, 1.82) is 0 Å². The highest BCUT2D eigenvalue weighted by atomic mass is 32.2. The van der Waals surface area contributed by atoms with E-state index >= 15 is 0 Å². The zero-order chi connectivity index (χ0) is 21.2. The first kappa shape index (κ1) is 20.9. The number of benzene rings is 2. The third-order valence-corrected chi connectivity index (χ3v) is 5.56. The van der Waals surface area contributed by atoms with Gasteiger partial charge in [0, 0.05) is 29.3 Å². The van der Waals surface area contributed by atoms with Crippen LogP contribution in [0, 0.1) is 6.92 Å². The number of anilines is 1. The molecule has 0 aliphatic carbocycles. The molecule has 154 valence electrons. The Balaban J connectivity index is 1.80. The molecule has 8 heteroatoms. The van der Waals surface area contributed by atoms with Crippen molar-refractivity contribution < 1.29 is 22.7 Å². The summed E-state index contributed by atoms with van der Waals surface area (Å²) in [6.45, 7) is 6.03. The molecule has 0 saturated heterocycles. The van der Waals surface area contributed by atoms with Crippen molar-refractivity contribution in [1.82, 2.24) is 0 Å². The summed E-state index contributed by atoms with van der Waals surface area (Å²) in [5.41, 5.74) is 2.65. The lowest BCUT2D eigenvalue weighted by atomic mass is 10.1. The van der Waals surface area contributed by atoms with Crippen LogP contribution in [0.15, 0.2) is 41.3 Å². The maximum Gasteiger partial charge on any atom is 0.248 e. The lowest BCUT2D eigenvalue weighted by Gasteiger charge is -2.10. The Morgan fingerprint density at radius 1 is 1.34 bits per heavy atom. The largest absolute Gasteiger partial charge is 0.493 e. The van der Waals surface area contributed by atoms with Crippen molar-refractivity contribution >= 4 is 27.7 Å². The van der Waals surface area contributed by atoms with E-state index in [-0.39, 0.29) is 11.0 Å². The van der Waals surface area contributed by atoms with Gasteiger partial charge in [-0.15, -0.1) is 0 Å². The fraction of sp³-hybridized carbons (Fsp3) is 0.286. The molecule has 0 bridgehead atoms. The Hall–Kier alpha value is -2.84. The van der Waals surface area contributed by atoms with E-state index in [9.17, 15) is 13.2 Å². The lowest BCUT2D eigenvalue weighted by Crippen LogP contribution is -2.15. The van der Waals surface area contributed by atoms with E-state index < -0.39 is 15.9 Å². The Morgan fingerprint density at radius 3 is 2.79 bits per heavy atom. The number of rotatable bonds is 6. The number of sulfonamides is 1. The minimum Gasteiger partial charge on any atom is -0.493 e. The van der Waals surface area contributed by atoms with Gasteiger partial charge in [-0.1, -0.05) is 6.07 Å². The minimum atomic E-state index is -3.87. The Bertz CT molecular complexity index is 1080. The summed E-state index contributed by atoms with van der Waals surface area (Å²) in [7, 11) is -3.87. The van der Waals surface area contributed by atoms with Gasteiger partial charge in [0.1, 0.15) is 17.6 Å². The molecule has 7 nitrogen and oxygen atoms in total. The molecule has 0 radical (unpaired) electrons. The molecule has 0 fully saturated rings. The molecule has 2 aromatic carbocycles. The van der Waals surface area contributed by atoms with Crippen LogP contribution in [0.1, 0.15) is 30.5 Å². The van der Waals surface area contributed by atoms with E-state index in [0.29, 0.717) is 23.6 Å². The van der Waals surface area contributed by atoms with Crippen LogP contribution in [-0.2, 0) is 21.2 Å². The van der Waals surface area contributed by atoms with Gasteiger partial charge in [0.2, 0.25) is 15.9 Å². The molecule has 0 saturated carbocycles. The number of primary sulfonamides is 1. The molecule has 0 spiro atoms. The van der Waals surface area contributed by atoms with Gasteiger partial charge in [-0.05, 0) is 56.7 Å². The summed E-state index contributed by atoms with van der Waals surface area (Å²) in [5.74, 6) is 1.06. The van der Waals surface area contributed by atoms with E-state index in [2.05, 4.69) is 5.32 Å². The van der Waals surface area contributed by atoms with E-state index in [1.165, 1.54) is 12.1 Å². The molecule has 0 aromatic heterocycles. The number of nitrogens with two attached hydrogens (primary N) is 1. The smallest absolute Gasteiger partial charge is 0.248 e. The topological polar surface area (TPSA) is 108 Å². The summed E-state index contributed by atoms with van der Waals surface area (Å²) in [6, 6.07) is 8.35. The van der Waals surface area contributed by atoms with Gasteiger partial charge < -0.3 is 14.8 Å². The number of fused-ring (bicyclic) bond motifs is 1. The third kappa shape index (κ3) is 4.96. The molecule has 3 N–H and O–H groups in total. The van der Waals surface area contributed by atoms with Gasteiger partial charge >= 0.3 is 0 Å². The average molecular weight is 416 g/mol. The van der Waals surface area contributed by atoms with E-state index in [0.717, 1.165) is 23.3 Å². The van der Waals surface area contributed by atoms with Crippen LogP contribution < -0.4 is 19.9 Å². The van der Waals surface area contributed by atoms with Crippen LogP contribution in [-0.4, -0.2) is 27.0 Å². The summed E-state index contributed by atoms with van der Waals surface area (Å²) in [6.07, 6.45) is 3.93. The second kappa shape index (κ2) is 8.26. The molecule has 0 unspecified atom stereocenters. The first-order chi connectivity index (χ1) is 13.7. The van der Waals surface area contributed by atoms with Gasteiger partial charge in [0.05, 0.1) is 11.5 Å². The standard InChI is InChI=1S/C21H24N2O5S/c1-4-27-18-11-16-9-14(3)28-19(16)10-15(18)6-8-21(24)23-17-7-5-13(2)20(12-17)29(22,25)26/h5-8,10-12,14H,4,9H2,1-3H3,(H,23,24)(H2,22,25,26)/b8-6+/t14-/m0/s1. The quantitative estimate of drug-likeness (QED) is 0.704. The molecule has 2 aromatic rings. The molecule has 29 heavy (non-hydrogen) atoms. The Labute approximate surface area is 170 Å². The molecule has 1 heterocycles. The molecular weight excluding hydrogens is 392 g/mol. The third-order valence-electron chi connectivity index (χ3n) is 4.50. The highest BCUT2D eigenvalue weighted by Crippen LogP contribution is 2.35. The normalized spacial score (nSPS) is 15.8. The maximum absolute atomic E-state index is 12.3. The first-order valence-corrected chi connectivity index (χ1v) is 10.8. The fourth-order valence-corrected chi connectivity index (χ4v) is 4.01. The number of hydrogen-bond acceptors (Lipinski definition) is 5. The van der Waals surface area contributed by atoms with Crippen molar-refractivity contribution in [2.75, 3.05) is 11.9 Å². The predicted molar refractivity (Wildman–Crippen MR) is 112 cm³/mol. The summed E-state index contributed by atoms with van der Waals surface area (Å²) < 4.78 is 34.8. The summed E-state index contributed by atoms with van der Waals surface area (Å²) in [4.78, 5) is 12.3. The van der Waals surface area contributed by atoms with Gasteiger partial charge in [0.25, 0.3) is 0 Å². The minimum absolute atomic E-state index is 0.0252. The van der Waals surface area contributed by atoms with Crippen LogP contribution in [0.3, 0.4) is 0 Å². The molecule has 1 atom stereocenters. The molecular formula is C21H24N2O5S. The first-order valence-electron chi connectivity index (χ1n) is 9.26. The SMILES string of the molecule is CCOc1cc2c(cc1/C=C/C(=O)Nc1ccc(C)c(S(N)(=O)=O)c1)O[C@@H](C)C2. The Morgan fingerprint density at radius 2 is 2.10 bits per heavy atom. The van der Waals surface area contributed by atoms with Gasteiger partial charge in [-0.25, -0.2) is 13.6 Å². The summed E-state index contributed by atoms with van der Waals surface area (Å²) >= 11 is 0. The number of ether oxygens (including phenoxy) is 2. The fourth-order valence-electron chi connectivity index (χ4n) is 3.20. The van der Waals surface area contributed by atoms with E-state index in [1.54, 1.807) is 25.1 Å². The van der Waals surface area contributed by atoms with Crippen molar-refractivity contribution in [3.05, 3.63) is 53.1 Å². The lowest BCUT2D eigenvalue weighted by molar-refractivity contribution is -0.111. The van der Waals surface area contributed by atoms with Crippen LogP contribution in [0.5, 0.6) is 11.5 Å². The molecule has 1 aliphatic rings. The molecule has 1 amide bonds.